The highest BCUT2D eigenvalue weighted by molar-refractivity contribution is 7.99. The largest absolute Gasteiger partial charge is 0.491 e. The summed E-state index contributed by atoms with van der Waals surface area (Å²) in [6.07, 6.45) is 1.82. The molecule has 0 bridgehead atoms. The second kappa shape index (κ2) is 5.41. The quantitative estimate of drug-likeness (QED) is 0.709. The lowest BCUT2D eigenvalue weighted by atomic mass is 10.0. The van der Waals surface area contributed by atoms with E-state index in [-0.39, 0.29) is 0 Å². The van der Waals surface area contributed by atoms with Crippen LogP contribution in [0.15, 0.2) is 65.7 Å². The summed E-state index contributed by atoms with van der Waals surface area (Å²) in [6, 6.07) is 18.7. The average Bonchev–Trinajstić information content (AvgIpc) is 2.96. The second-order valence-corrected chi connectivity index (χ2v) is 6.25. The van der Waals surface area contributed by atoms with E-state index in [0.29, 0.717) is 12.5 Å². The molecule has 3 aromatic rings. The van der Waals surface area contributed by atoms with E-state index >= 15 is 0 Å². The molecule has 2 nitrogen and oxygen atoms in total. The first-order valence-electron chi connectivity index (χ1n) is 7.10. The maximum atomic E-state index is 6.08. The molecule has 2 heterocycles. The summed E-state index contributed by atoms with van der Waals surface area (Å²) in [4.78, 5) is 5.83. The van der Waals surface area contributed by atoms with Crippen molar-refractivity contribution < 1.29 is 4.74 Å². The van der Waals surface area contributed by atoms with Gasteiger partial charge in [0.05, 0.1) is 6.61 Å². The molecule has 1 aliphatic rings. The van der Waals surface area contributed by atoms with Gasteiger partial charge in [-0.2, -0.15) is 0 Å². The van der Waals surface area contributed by atoms with Crippen LogP contribution in [-0.2, 0) is 0 Å². The van der Waals surface area contributed by atoms with Gasteiger partial charge < -0.3 is 4.74 Å². The molecule has 2 aromatic carbocycles. The summed E-state index contributed by atoms with van der Waals surface area (Å²) in [5.74, 6) is 2.44. The number of ether oxygens (including phenoxy) is 1. The van der Waals surface area contributed by atoms with Crippen molar-refractivity contribution in [2.75, 3.05) is 12.4 Å². The van der Waals surface area contributed by atoms with Crippen molar-refractivity contribution in [2.45, 2.75) is 10.8 Å². The van der Waals surface area contributed by atoms with Gasteiger partial charge in [0.2, 0.25) is 0 Å². The Labute approximate surface area is 128 Å². The molecule has 0 spiro atoms. The summed E-state index contributed by atoms with van der Waals surface area (Å²) >= 11 is 1.92. The number of nitrogens with zero attached hydrogens (tertiary/aromatic N) is 1. The highest BCUT2D eigenvalue weighted by Gasteiger charge is 2.23. The van der Waals surface area contributed by atoms with E-state index in [9.17, 15) is 0 Å². The first-order valence-corrected chi connectivity index (χ1v) is 8.08. The Balaban J connectivity index is 1.57. The number of benzene rings is 2. The highest BCUT2D eigenvalue weighted by Crippen LogP contribution is 2.39. The third-order valence-corrected chi connectivity index (χ3v) is 5.09. The van der Waals surface area contributed by atoms with Crippen molar-refractivity contribution in [3.05, 3.63) is 66.4 Å². The average molecular weight is 293 g/mol. The number of rotatable bonds is 3. The molecule has 1 aliphatic heterocycles. The summed E-state index contributed by atoms with van der Waals surface area (Å²) in [5.41, 5.74) is 2.36. The number of fused-ring (bicyclic) bond motifs is 2. The van der Waals surface area contributed by atoms with Gasteiger partial charge >= 0.3 is 0 Å². The van der Waals surface area contributed by atoms with Crippen LogP contribution in [0.25, 0.3) is 10.9 Å². The van der Waals surface area contributed by atoms with Gasteiger partial charge in [0.25, 0.3) is 0 Å². The molecule has 3 heteroatoms. The molecule has 1 atom stereocenters. The van der Waals surface area contributed by atoms with Crippen molar-refractivity contribution in [2.24, 2.45) is 0 Å². The minimum Gasteiger partial charge on any atom is -0.491 e. The van der Waals surface area contributed by atoms with E-state index in [1.54, 1.807) is 0 Å². The topological polar surface area (TPSA) is 22.1 Å². The van der Waals surface area contributed by atoms with Gasteiger partial charge in [-0.3, -0.25) is 4.98 Å². The lowest BCUT2D eigenvalue weighted by Gasteiger charge is -2.13. The molecule has 0 fully saturated rings. The second-order valence-electron chi connectivity index (χ2n) is 5.19. The third-order valence-electron chi connectivity index (χ3n) is 3.83. The highest BCUT2D eigenvalue weighted by atomic mass is 32.2. The van der Waals surface area contributed by atoms with Crippen LogP contribution in [0, 0.1) is 0 Å². The fourth-order valence-corrected chi connectivity index (χ4v) is 3.98. The molecule has 0 aliphatic carbocycles. The van der Waals surface area contributed by atoms with E-state index in [0.717, 1.165) is 22.4 Å². The predicted octanol–water partition coefficient (Wildman–Crippen LogP) is 4.50. The van der Waals surface area contributed by atoms with Gasteiger partial charge in [-0.25, -0.2) is 0 Å². The van der Waals surface area contributed by atoms with Crippen LogP contribution in [0.5, 0.6) is 5.75 Å². The van der Waals surface area contributed by atoms with Crippen LogP contribution >= 0.6 is 11.8 Å². The van der Waals surface area contributed by atoms with Crippen LogP contribution < -0.4 is 4.74 Å². The van der Waals surface area contributed by atoms with E-state index < -0.39 is 0 Å². The van der Waals surface area contributed by atoms with E-state index in [2.05, 4.69) is 41.4 Å². The SMILES string of the molecule is c1ccc2c(c1)SCC2COc1cccc2cccnc12. The lowest BCUT2D eigenvalue weighted by Crippen LogP contribution is -2.10. The molecule has 0 saturated heterocycles. The maximum Gasteiger partial charge on any atom is 0.145 e. The van der Waals surface area contributed by atoms with E-state index in [4.69, 9.17) is 4.74 Å². The fourth-order valence-electron chi connectivity index (χ4n) is 2.75. The van der Waals surface area contributed by atoms with Crippen LogP contribution in [0.2, 0.25) is 0 Å². The Kier molecular flexibility index (Phi) is 3.28. The van der Waals surface area contributed by atoms with Crippen molar-refractivity contribution in [1.82, 2.24) is 4.98 Å². The van der Waals surface area contributed by atoms with Crippen molar-refractivity contribution >= 4 is 22.7 Å². The molecule has 104 valence electrons. The van der Waals surface area contributed by atoms with Crippen LogP contribution in [0.3, 0.4) is 0 Å². The number of para-hydroxylation sites is 1. The molecule has 0 radical (unpaired) electrons. The number of pyridine rings is 1. The van der Waals surface area contributed by atoms with E-state index in [1.165, 1.54) is 10.5 Å². The first-order chi connectivity index (χ1) is 10.4. The molecule has 4 rings (SSSR count). The zero-order valence-electron chi connectivity index (χ0n) is 11.5. The van der Waals surface area contributed by atoms with Crippen molar-refractivity contribution in [3.8, 4) is 5.75 Å². The maximum absolute atomic E-state index is 6.08. The molecule has 21 heavy (non-hydrogen) atoms. The number of aromatic nitrogens is 1. The molecular weight excluding hydrogens is 278 g/mol. The fraction of sp³-hybridized carbons (Fsp3) is 0.167. The van der Waals surface area contributed by atoms with Crippen LogP contribution in [0.1, 0.15) is 11.5 Å². The zero-order valence-corrected chi connectivity index (χ0v) is 12.3. The Bertz CT molecular complexity index is 782. The monoisotopic (exact) mass is 293 g/mol. The zero-order chi connectivity index (χ0) is 14.1. The lowest BCUT2D eigenvalue weighted by molar-refractivity contribution is 0.301. The normalized spacial score (nSPS) is 16.9. The van der Waals surface area contributed by atoms with Gasteiger partial charge in [0, 0.05) is 28.1 Å². The minimum atomic E-state index is 0.463. The van der Waals surface area contributed by atoms with Gasteiger partial charge in [-0.1, -0.05) is 36.4 Å². The number of hydrogen-bond acceptors (Lipinski definition) is 3. The minimum absolute atomic E-state index is 0.463. The summed E-state index contributed by atoms with van der Waals surface area (Å²) < 4.78 is 6.08. The first kappa shape index (κ1) is 12.7. The van der Waals surface area contributed by atoms with Gasteiger partial charge in [-0.15, -0.1) is 11.8 Å². The van der Waals surface area contributed by atoms with Gasteiger partial charge in [0.1, 0.15) is 11.3 Å². The molecule has 1 aromatic heterocycles. The third kappa shape index (κ3) is 2.38. The van der Waals surface area contributed by atoms with E-state index in [1.807, 2.05) is 36.2 Å². The van der Waals surface area contributed by atoms with Gasteiger partial charge in [-0.05, 0) is 23.8 Å². The van der Waals surface area contributed by atoms with Crippen molar-refractivity contribution in [3.63, 3.8) is 0 Å². The molecule has 0 saturated carbocycles. The van der Waals surface area contributed by atoms with Crippen LogP contribution in [-0.4, -0.2) is 17.3 Å². The molecule has 1 unspecified atom stereocenters. The number of hydrogen-bond donors (Lipinski definition) is 0. The number of thioether (sulfide) groups is 1. The van der Waals surface area contributed by atoms with Crippen molar-refractivity contribution in [1.29, 1.82) is 0 Å². The Morgan fingerprint density at radius 1 is 1.05 bits per heavy atom. The Morgan fingerprint density at radius 2 is 1.95 bits per heavy atom. The smallest absolute Gasteiger partial charge is 0.145 e. The molecular formula is C18H15NOS. The van der Waals surface area contributed by atoms with Gasteiger partial charge in [0.15, 0.2) is 0 Å². The molecule has 0 amide bonds. The Morgan fingerprint density at radius 3 is 2.95 bits per heavy atom. The summed E-state index contributed by atoms with van der Waals surface area (Å²) in [5, 5.41) is 1.12. The summed E-state index contributed by atoms with van der Waals surface area (Å²) in [7, 11) is 0. The van der Waals surface area contributed by atoms with Crippen LogP contribution in [0.4, 0.5) is 0 Å². The Hall–Kier alpha value is -2.00. The standard InChI is InChI=1S/C18H15NOS/c1-2-9-17-15(7-1)14(12-21-17)11-20-16-8-3-5-13-6-4-10-19-18(13)16/h1-10,14H,11-12H2. The predicted molar refractivity (Wildman–Crippen MR) is 87.1 cm³/mol. The molecule has 0 N–H and O–H groups in total. The summed E-state index contributed by atoms with van der Waals surface area (Å²) in [6.45, 7) is 0.708.